The third-order valence-corrected chi connectivity index (χ3v) is 9.69. The minimum atomic E-state index is -1.43. The van der Waals surface area contributed by atoms with Crippen LogP contribution in [-0.2, 0) is 19.2 Å². The Morgan fingerprint density at radius 3 is 1.48 bits per heavy atom. The van der Waals surface area contributed by atoms with E-state index in [2.05, 4.69) is 21.3 Å². The molecular formula is C44H53FN6O14. The van der Waals surface area contributed by atoms with Crippen LogP contribution in [0.3, 0.4) is 0 Å². The molecular weight excluding hydrogens is 856 g/mol. The van der Waals surface area contributed by atoms with Gasteiger partial charge in [0.15, 0.2) is 11.5 Å². The van der Waals surface area contributed by atoms with Crippen LogP contribution in [0.5, 0.6) is 0 Å². The maximum Gasteiger partial charge on any atom is 0.338 e. The van der Waals surface area contributed by atoms with Crippen LogP contribution in [0.1, 0.15) is 107 Å². The summed E-state index contributed by atoms with van der Waals surface area (Å²) >= 11 is 0. The number of hydroxylamine groups is 4. The monoisotopic (exact) mass is 908 g/mol. The van der Waals surface area contributed by atoms with Crippen LogP contribution >= 0.6 is 0 Å². The van der Waals surface area contributed by atoms with E-state index in [0.29, 0.717) is 34.3 Å². The molecule has 0 aliphatic rings. The van der Waals surface area contributed by atoms with Gasteiger partial charge in [-0.3, -0.25) is 39.2 Å². The molecule has 6 amide bonds. The van der Waals surface area contributed by atoms with Crippen molar-refractivity contribution in [2.45, 2.75) is 65.2 Å². The fourth-order valence-corrected chi connectivity index (χ4v) is 6.17. The van der Waals surface area contributed by atoms with E-state index in [1.165, 1.54) is 36.4 Å². The predicted molar refractivity (Wildman–Crippen MR) is 227 cm³/mol. The Labute approximate surface area is 372 Å². The molecule has 0 fully saturated rings. The van der Waals surface area contributed by atoms with E-state index in [1.54, 1.807) is 18.2 Å². The van der Waals surface area contributed by atoms with E-state index >= 15 is 0 Å². The average Bonchev–Trinajstić information content (AvgIpc) is 4.00. The number of hydrogen-bond acceptors (Lipinski definition) is 12. The lowest BCUT2D eigenvalue weighted by Gasteiger charge is -2.19. The van der Waals surface area contributed by atoms with Crippen molar-refractivity contribution in [3.63, 3.8) is 0 Å². The van der Waals surface area contributed by atoms with Gasteiger partial charge in [0, 0.05) is 11.1 Å². The average molecular weight is 909 g/mol. The summed E-state index contributed by atoms with van der Waals surface area (Å²) in [6.45, 7) is 3.37. The SMILES string of the molecule is CCCCC[C@H](CN(O)C=O)C(=O)NCNC(=O)c1ccc(-c2ccc(C(=O)O)cc2)o1.CCCCC[C@H](CN(O)C=O)C(=O)NCNC(=O)c1ccc(-c2ccc(F)c(C(=O)O)c2)o1. The van der Waals surface area contributed by atoms with Gasteiger partial charge in [0.25, 0.3) is 11.8 Å². The molecule has 0 aliphatic heterocycles. The Morgan fingerprint density at radius 2 is 1.06 bits per heavy atom. The summed E-state index contributed by atoms with van der Waals surface area (Å²) in [6, 6.07) is 15.3. The second-order valence-electron chi connectivity index (χ2n) is 14.5. The van der Waals surface area contributed by atoms with E-state index in [4.69, 9.17) is 19.0 Å². The summed E-state index contributed by atoms with van der Waals surface area (Å²) in [5.41, 5.74) is 0.502. The van der Waals surface area contributed by atoms with Gasteiger partial charge in [0.05, 0.1) is 49.4 Å². The molecule has 0 spiro atoms. The molecule has 2 heterocycles. The molecule has 8 N–H and O–H groups in total. The highest BCUT2D eigenvalue weighted by molar-refractivity contribution is 5.94. The quantitative estimate of drug-likeness (QED) is 0.0133. The zero-order chi connectivity index (χ0) is 47.9. The van der Waals surface area contributed by atoms with Gasteiger partial charge in [-0.05, 0) is 67.4 Å². The van der Waals surface area contributed by atoms with Gasteiger partial charge in [-0.2, -0.15) is 0 Å². The van der Waals surface area contributed by atoms with Gasteiger partial charge in [-0.15, -0.1) is 0 Å². The smallest absolute Gasteiger partial charge is 0.338 e. The van der Waals surface area contributed by atoms with Crippen molar-refractivity contribution in [2.75, 3.05) is 26.4 Å². The van der Waals surface area contributed by atoms with E-state index in [-0.39, 0.29) is 73.6 Å². The highest BCUT2D eigenvalue weighted by Crippen LogP contribution is 2.25. The van der Waals surface area contributed by atoms with E-state index in [9.17, 15) is 53.2 Å². The Morgan fingerprint density at radius 1 is 0.615 bits per heavy atom. The molecule has 2 aromatic heterocycles. The van der Waals surface area contributed by atoms with E-state index in [1.807, 2.05) is 13.8 Å². The van der Waals surface area contributed by atoms with Crippen LogP contribution in [0.2, 0.25) is 0 Å². The Bertz CT molecular complexity index is 2230. The molecule has 20 nitrogen and oxygen atoms in total. The highest BCUT2D eigenvalue weighted by Gasteiger charge is 2.23. The molecule has 2 aromatic carbocycles. The molecule has 4 aromatic rings. The highest BCUT2D eigenvalue weighted by atomic mass is 19.1. The second kappa shape index (κ2) is 26.9. The Kier molecular flexibility index (Phi) is 21.5. The standard InChI is InChI=1S/C22H26FN3O7.C22H27N3O7/c1-2-3-4-5-15(11-26(32)13-27)20(28)24-12-25-21(29)19-9-8-18(33-19)14-6-7-17(23)16(10-14)22(30)31;1-2-3-4-5-17(12-25(31)14-26)20(27)23-13-24-21(28)19-11-10-18(32-19)15-6-8-16(9-7-15)22(29)30/h6-10,13,15,32H,2-5,11-12H2,1H3,(H,24,28)(H,25,29)(H,30,31);6-11,14,17,31H,2-5,12-13H2,1H3,(H,23,27)(H,24,28)(H,29,30)/t15-;17-/m11/s1. The van der Waals surface area contributed by atoms with Crippen molar-refractivity contribution in [1.82, 2.24) is 31.4 Å². The second-order valence-corrected chi connectivity index (χ2v) is 14.5. The summed E-state index contributed by atoms with van der Waals surface area (Å²) in [6.07, 6.45) is 6.69. The largest absolute Gasteiger partial charge is 0.478 e. The van der Waals surface area contributed by atoms with Crippen molar-refractivity contribution in [1.29, 1.82) is 0 Å². The number of unbranched alkanes of at least 4 members (excludes halogenated alkanes) is 4. The summed E-state index contributed by atoms with van der Waals surface area (Å²) in [4.78, 5) is 92.7. The minimum absolute atomic E-state index is 0.0264. The number of halogens is 1. The van der Waals surface area contributed by atoms with Gasteiger partial charge >= 0.3 is 11.9 Å². The van der Waals surface area contributed by atoms with E-state index < -0.39 is 52.9 Å². The van der Waals surface area contributed by atoms with Crippen LogP contribution in [-0.4, -0.2) is 106 Å². The fraction of sp³-hybridized carbons (Fsp3) is 0.364. The number of furan rings is 2. The zero-order valence-electron chi connectivity index (χ0n) is 35.8. The lowest BCUT2D eigenvalue weighted by atomic mass is 10.0. The van der Waals surface area contributed by atoms with E-state index in [0.717, 1.165) is 50.7 Å². The van der Waals surface area contributed by atoms with Gasteiger partial charge in [0.2, 0.25) is 24.6 Å². The fourth-order valence-electron chi connectivity index (χ4n) is 6.17. The molecule has 4 rings (SSSR count). The molecule has 65 heavy (non-hydrogen) atoms. The molecule has 2 atom stereocenters. The van der Waals surface area contributed by atoms with Crippen molar-refractivity contribution < 1.29 is 72.2 Å². The molecule has 350 valence electrons. The molecule has 21 heteroatoms. The first kappa shape index (κ1) is 52.0. The summed E-state index contributed by atoms with van der Waals surface area (Å²) in [5, 5.41) is 47.7. The maximum atomic E-state index is 13.6. The van der Waals surface area contributed by atoms with Gasteiger partial charge in [-0.1, -0.05) is 64.5 Å². The molecule has 0 bridgehead atoms. The zero-order valence-corrected chi connectivity index (χ0v) is 35.8. The number of carbonyl (C=O) groups is 8. The number of carboxylic acids is 2. The first-order chi connectivity index (χ1) is 31.1. The van der Waals surface area contributed by atoms with Crippen LogP contribution < -0.4 is 21.3 Å². The number of amides is 6. The number of nitrogens with zero attached hydrogens (tertiary/aromatic N) is 2. The third-order valence-electron chi connectivity index (χ3n) is 9.69. The third kappa shape index (κ3) is 17.0. The van der Waals surface area contributed by atoms with Gasteiger partial charge < -0.3 is 40.3 Å². The Hall–Kier alpha value is -7.39. The van der Waals surface area contributed by atoms with Gasteiger partial charge in [0.1, 0.15) is 17.3 Å². The summed E-state index contributed by atoms with van der Waals surface area (Å²) in [7, 11) is 0. The normalized spacial score (nSPS) is 11.5. The molecule has 0 saturated carbocycles. The molecule has 0 unspecified atom stereocenters. The Balaban J connectivity index is 0.000000345. The van der Waals surface area contributed by atoms with Crippen LogP contribution in [0.4, 0.5) is 4.39 Å². The number of rotatable bonds is 26. The maximum absolute atomic E-state index is 13.6. The number of benzene rings is 2. The van der Waals surface area contributed by atoms with Crippen molar-refractivity contribution >= 4 is 48.4 Å². The minimum Gasteiger partial charge on any atom is -0.478 e. The number of aromatic carboxylic acids is 2. The predicted octanol–water partition coefficient (Wildman–Crippen LogP) is 5.12. The molecule has 0 aliphatic carbocycles. The number of hydrogen-bond donors (Lipinski definition) is 8. The first-order valence-corrected chi connectivity index (χ1v) is 20.6. The molecule has 0 saturated heterocycles. The van der Waals surface area contributed by atoms with Crippen LogP contribution in [0, 0.1) is 17.7 Å². The van der Waals surface area contributed by atoms with Crippen LogP contribution in [0.25, 0.3) is 22.6 Å². The number of carboxylic acid groups (broad SMARTS) is 2. The van der Waals surface area contributed by atoms with Crippen molar-refractivity contribution in [3.05, 3.63) is 95.2 Å². The van der Waals surface area contributed by atoms with Gasteiger partial charge in [-0.25, -0.2) is 24.1 Å². The van der Waals surface area contributed by atoms with Crippen molar-refractivity contribution in [2.24, 2.45) is 11.8 Å². The first-order valence-electron chi connectivity index (χ1n) is 20.6. The van der Waals surface area contributed by atoms with Crippen LogP contribution in [0.15, 0.2) is 75.6 Å². The molecule has 0 radical (unpaired) electrons. The van der Waals surface area contributed by atoms with Crippen molar-refractivity contribution in [3.8, 4) is 22.6 Å². The lowest BCUT2D eigenvalue weighted by Crippen LogP contribution is -2.42. The lowest BCUT2D eigenvalue weighted by molar-refractivity contribution is -0.155. The number of carbonyl (C=O) groups excluding carboxylic acids is 6. The summed E-state index contributed by atoms with van der Waals surface area (Å²) < 4.78 is 24.5. The number of nitrogens with one attached hydrogen (secondary N) is 4. The topological polar surface area (TPSA) is 298 Å². The summed E-state index contributed by atoms with van der Waals surface area (Å²) in [5.74, 6) is -6.11.